The molecule has 1 unspecified atom stereocenters. The minimum absolute atomic E-state index is 0.0606. The molecular weight excluding hydrogens is 238 g/mol. The van der Waals surface area contributed by atoms with Crippen LogP contribution in [0.5, 0.6) is 0 Å². The first-order chi connectivity index (χ1) is 8.19. The molecule has 0 spiro atoms. The standard InChI is InChI=1S/C11H17N3O4/c1-11(2,3)18-10(17)14-5-7(13-6-14)4-8(12)9(15)16/h5-6,8H,4,12H2,1-3H3,(H,15,16). The lowest BCUT2D eigenvalue weighted by molar-refractivity contribution is -0.138. The van der Waals surface area contributed by atoms with E-state index in [0.29, 0.717) is 5.69 Å². The summed E-state index contributed by atoms with van der Waals surface area (Å²) in [7, 11) is 0. The lowest BCUT2D eigenvalue weighted by Gasteiger charge is -2.19. The molecule has 7 heteroatoms. The molecule has 1 aromatic rings. The first-order valence-corrected chi connectivity index (χ1v) is 5.43. The molecule has 0 radical (unpaired) electrons. The largest absolute Gasteiger partial charge is 0.480 e. The fraction of sp³-hybridized carbons (Fsp3) is 0.545. The molecule has 1 aromatic heterocycles. The Labute approximate surface area is 105 Å². The number of hydrogen-bond acceptors (Lipinski definition) is 5. The average molecular weight is 255 g/mol. The Balaban J connectivity index is 2.69. The first kappa shape index (κ1) is 14.2. The van der Waals surface area contributed by atoms with Crippen LogP contribution < -0.4 is 5.73 Å². The van der Waals surface area contributed by atoms with Crippen molar-refractivity contribution >= 4 is 12.1 Å². The van der Waals surface area contributed by atoms with Crippen LogP contribution in [0.1, 0.15) is 26.5 Å². The van der Waals surface area contributed by atoms with Gasteiger partial charge >= 0.3 is 12.1 Å². The molecule has 0 fully saturated rings. The van der Waals surface area contributed by atoms with Gasteiger partial charge in [0.15, 0.2) is 0 Å². The van der Waals surface area contributed by atoms with E-state index < -0.39 is 23.7 Å². The van der Waals surface area contributed by atoms with Crippen LogP contribution in [0.2, 0.25) is 0 Å². The maximum Gasteiger partial charge on any atom is 0.419 e. The third kappa shape index (κ3) is 4.17. The van der Waals surface area contributed by atoms with E-state index in [2.05, 4.69) is 4.98 Å². The highest BCUT2D eigenvalue weighted by molar-refractivity contribution is 5.73. The van der Waals surface area contributed by atoms with Crippen molar-refractivity contribution in [3.63, 3.8) is 0 Å². The highest BCUT2D eigenvalue weighted by atomic mass is 16.6. The molecule has 3 N–H and O–H groups in total. The van der Waals surface area contributed by atoms with E-state index in [1.165, 1.54) is 12.5 Å². The monoisotopic (exact) mass is 255 g/mol. The first-order valence-electron chi connectivity index (χ1n) is 5.43. The van der Waals surface area contributed by atoms with Crippen molar-refractivity contribution in [3.05, 3.63) is 18.2 Å². The highest BCUT2D eigenvalue weighted by Gasteiger charge is 2.19. The maximum atomic E-state index is 11.6. The topological polar surface area (TPSA) is 107 Å². The normalized spacial score (nSPS) is 13.1. The van der Waals surface area contributed by atoms with Crippen molar-refractivity contribution in [2.24, 2.45) is 5.73 Å². The summed E-state index contributed by atoms with van der Waals surface area (Å²) in [4.78, 5) is 26.1. The second-order valence-electron chi connectivity index (χ2n) is 4.90. The molecule has 0 aliphatic rings. The lowest BCUT2D eigenvalue weighted by Crippen LogP contribution is -2.32. The Morgan fingerprint density at radius 2 is 2.17 bits per heavy atom. The van der Waals surface area contributed by atoms with Crippen LogP contribution in [0, 0.1) is 0 Å². The second kappa shape index (κ2) is 5.18. The van der Waals surface area contributed by atoms with Gasteiger partial charge in [-0.15, -0.1) is 0 Å². The molecule has 1 atom stereocenters. The van der Waals surface area contributed by atoms with Crippen LogP contribution in [0.15, 0.2) is 12.5 Å². The van der Waals surface area contributed by atoms with Gasteiger partial charge in [-0.05, 0) is 20.8 Å². The quantitative estimate of drug-likeness (QED) is 0.819. The molecule has 1 heterocycles. The number of nitrogens with zero attached hydrogens (tertiary/aromatic N) is 2. The van der Waals surface area contributed by atoms with Crippen molar-refractivity contribution in [3.8, 4) is 0 Å². The Morgan fingerprint density at radius 3 is 2.67 bits per heavy atom. The number of hydrogen-bond donors (Lipinski definition) is 2. The van der Waals surface area contributed by atoms with Gasteiger partial charge in [0.25, 0.3) is 0 Å². The number of nitrogens with two attached hydrogens (primary N) is 1. The molecular formula is C11H17N3O4. The highest BCUT2D eigenvalue weighted by Crippen LogP contribution is 2.09. The number of rotatable bonds is 3. The van der Waals surface area contributed by atoms with E-state index in [0.717, 1.165) is 4.57 Å². The van der Waals surface area contributed by atoms with E-state index in [1.54, 1.807) is 20.8 Å². The van der Waals surface area contributed by atoms with Crippen molar-refractivity contribution in [1.29, 1.82) is 0 Å². The Morgan fingerprint density at radius 1 is 1.56 bits per heavy atom. The van der Waals surface area contributed by atoms with E-state index in [9.17, 15) is 9.59 Å². The van der Waals surface area contributed by atoms with Crippen LogP contribution in [0.25, 0.3) is 0 Å². The molecule has 0 bridgehead atoms. The van der Waals surface area contributed by atoms with E-state index in [1.807, 2.05) is 0 Å². The van der Waals surface area contributed by atoms with Gasteiger partial charge in [0.05, 0.1) is 5.69 Å². The van der Waals surface area contributed by atoms with Gasteiger partial charge in [-0.2, -0.15) is 0 Å². The molecule has 100 valence electrons. The third-order valence-electron chi connectivity index (χ3n) is 1.99. The summed E-state index contributed by atoms with van der Waals surface area (Å²) in [5.74, 6) is -1.11. The lowest BCUT2D eigenvalue weighted by atomic mass is 10.2. The molecule has 1 rings (SSSR count). The smallest absolute Gasteiger partial charge is 0.419 e. The number of carbonyl (C=O) groups is 2. The SMILES string of the molecule is CC(C)(C)OC(=O)n1cnc(CC(N)C(=O)O)c1. The molecule has 0 aromatic carbocycles. The molecule has 0 amide bonds. The van der Waals surface area contributed by atoms with Crippen LogP contribution in [-0.4, -0.2) is 38.4 Å². The number of ether oxygens (including phenoxy) is 1. The summed E-state index contributed by atoms with van der Waals surface area (Å²) in [5.41, 5.74) is 5.20. The van der Waals surface area contributed by atoms with Crippen molar-refractivity contribution < 1.29 is 19.4 Å². The van der Waals surface area contributed by atoms with Gasteiger partial charge < -0.3 is 15.6 Å². The van der Waals surface area contributed by atoms with E-state index in [-0.39, 0.29) is 6.42 Å². The summed E-state index contributed by atoms with van der Waals surface area (Å²) in [6.07, 6.45) is 2.19. The average Bonchev–Trinajstić information content (AvgIpc) is 2.63. The maximum absolute atomic E-state index is 11.6. The zero-order valence-electron chi connectivity index (χ0n) is 10.6. The Kier molecular flexibility index (Phi) is 4.07. The predicted molar refractivity (Wildman–Crippen MR) is 63.2 cm³/mol. The summed E-state index contributed by atoms with van der Waals surface area (Å²) < 4.78 is 6.29. The number of aromatic nitrogens is 2. The number of carboxylic acids is 1. The predicted octanol–water partition coefficient (Wildman–Crippen LogP) is 0.621. The summed E-state index contributed by atoms with van der Waals surface area (Å²) in [6.45, 7) is 5.26. The molecule has 7 nitrogen and oxygen atoms in total. The fourth-order valence-corrected chi connectivity index (χ4v) is 1.20. The van der Waals surface area contributed by atoms with Gasteiger partial charge in [-0.25, -0.2) is 14.3 Å². The van der Waals surface area contributed by atoms with Crippen LogP contribution in [0.4, 0.5) is 4.79 Å². The van der Waals surface area contributed by atoms with Crippen molar-refractivity contribution in [2.75, 3.05) is 0 Å². The van der Waals surface area contributed by atoms with Gasteiger partial charge in [0.1, 0.15) is 18.0 Å². The summed E-state index contributed by atoms with van der Waals surface area (Å²) in [5, 5.41) is 8.66. The van der Waals surface area contributed by atoms with E-state index in [4.69, 9.17) is 15.6 Å². The molecule has 0 aliphatic carbocycles. The van der Waals surface area contributed by atoms with Crippen LogP contribution in [-0.2, 0) is 16.0 Å². The number of carboxylic acid groups (broad SMARTS) is 1. The van der Waals surface area contributed by atoms with Crippen molar-refractivity contribution in [1.82, 2.24) is 9.55 Å². The minimum Gasteiger partial charge on any atom is -0.480 e. The van der Waals surface area contributed by atoms with E-state index >= 15 is 0 Å². The molecule has 0 aliphatic heterocycles. The summed E-state index contributed by atoms with van der Waals surface area (Å²) in [6, 6.07) is -1.04. The number of imidazole rings is 1. The van der Waals surface area contributed by atoms with Gasteiger partial charge in [-0.3, -0.25) is 4.79 Å². The van der Waals surface area contributed by atoms with Crippen molar-refractivity contribution in [2.45, 2.75) is 38.8 Å². The Hall–Kier alpha value is -1.89. The second-order valence-corrected chi connectivity index (χ2v) is 4.90. The minimum atomic E-state index is -1.11. The fourth-order valence-electron chi connectivity index (χ4n) is 1.20. The number of aliphatic carboxylic acids is 1. The molecule has 18 heavy (non-hydrogen) atoms. The molecule has 0 saturated heterocycles. The Bertz CT molecular complexity index is 447. The van der Waals surface area contributed by atoms with Gasteiger partial charge in [0, 0.05) is 12.6 Å². The zero-order chi connectivity index (χ0) is 13.9. The van der Waals surface area contributed by atoms with Gasteiger partial charge in [0.2, 0.25) is 0 Å². The van der Waals surface area contributed by atoms with Crippen LogP contribution >= 0.6 is 0 Å². The van der Waals surface area contributed by atoms with Gasteiger partial charge in [-0.1, -0.05) is 0 Å². The molecule has 0 saturated carbocycles. The number of carbonyl (C=O) groups excluding carboxylic acids is 1. The van der Waals surface area contributed by atoms with Crippen LogP contribution in [0.3, 0.4) is 0 Å². The summed E-state index contributed by atoms with van der Waals surface area (Å²) >= 11 is 0. The third-order valence-corrected chi connectivity index (χ3v) is 1.99. The zero-order valence-corrected chi connectivity index (χ0v) is 10.6.